The van der Waals surface area contributed by atoms with Crippen LogP contribution >= 0.6 is 23.2 Å². The van der Waals surface area contributed by atoms with Crippen molar-refractivity contribution in [2.75, 3.05) is 15.5 Å². The number of halogens is 2. The summed E-state index contributed by atoms with van der Waals surface area (Å²) >= 11 is 12.2. The van der Waals surface area contributed by atoms with Crippen LogP contribution in [0.5, 0.6) is 0 Å². The molecule has 0 unspecified atom stereocenters. The molecule has 0 fully saturated rings. The topological polar surface area (TPSA) is 78.5 Å². The van der Waals surface area contributed by atoms with Crippen LogP contribution in [-0.4, -0.2) is 17.7 Å². The number of benzene rings is 3. The summed E-state index contributed by atoms with van der Waals surface area (Å²) in [5.74, 6) is -1.54. The average Bonchev–Trinajstić information content (AvgIpc) is 3.01. The molecule has 0 saturated carbocycles. The van der Waals surface area contributed by atoms with Crippen molar-refractivity contribution in [2.24, 2.45) is 0 Å². The van der Waals surface area contributed by atoms with Gasteiger partial charge in [-0.1, -0.05) is 47.0 Å². The lowest BCUT2D eigenvalue weighted by atomic mass is 10.1. The van der Waals surface area contributed by atoms with E-state index in [9.17, 15) is 14.4 Å². The van der Waals surface area contributed by atoms with E-state index in [-0.39, 0.29) is 16.6 Å². The summed E-state index contributed by atoms with van der Waals surface area (Å²) in [5.41, 5.74) is 4.71. The van der Waals surface area contributed by atoms with Gasteiger partial charge in [-0.2, -0.15) is 0 Å². The lowest BCUT2D eigenvalue weighted by Gasteiger charge is -2.16. The predicted molar refractivity (Wildman–Crippen MR) is 135 cm³/mol. The Morgan fingerprint density at radius 3 is 2.18 bits per heavy atom. The smallest absolute Gasteiger partial charge is 0.283 e. The van der Waals surface area contributed by atoms with Crippen molar-refractivity contribution in [3.8, 4) is 0 Å². The minimum absolute atomic E-state index is 0.0587. The van der Waals surface area contributed by atoms with Gasteiger partial charge in [0, 0.05) is 22.0 Å². The van der Waals surface area contributed by atoms with Crippen LogP contribution in [-0.2, 0) is 9.59 Å². The van der Waals surface area contributed by atoms with E-state index in [0.717, 1.165) is 21.6 Å². The maximum absolute atomic E-state index is 13.0. The Morgan fingerprint density at radius 1 is 0.794 bits per heavy atom. The van der Waals surface area contributed by atoms with Crippen LogP contribution in [0.25, 0.3) is 0 Å². The van der Waals surface area contributed by atoms with Crippen molar-refractivity contribution in [2.45, 2.75) is 20.8 Å². The van der Waals surface area contributed by atoms with E-state index in [1.807, 2.05) is 39.0 Å². The van der Waals surface area contributed by atoms with Crippen molar-refractivity contribution in [1.29, 1.82) is 0 Å². The fraction of sp³-hybridized carbons (Fsp3) is 0.115. The standard InChI is InChI=1S/C26H21Cl2N3O3/c1-14-4-11-20(16(3)12-14)30-24(32)17-6-5-15(2)21(13-17)29-23-22(28)25(33)31(26(23)34)19-9-7-18(27)8-10-19/h4-13,29H,1-3H3,(H,30,32). The normalized spacial score (nSPS) is 13.5. The van der Waals surface area contributed by atoms with Gasteiger partial charge in [0.1, 0.15) is 10.7 Å². The lowest BCUT2D eigenvalue weighted by molar-refractivity contribution is -0.120. The molecule has 0 bridgehead atoms. The first kappa shape index (κ1) is 23.5. The molecule has 0 saturated heterocycles. The zero-order valence-electron chi connectivity index (χ0n) is 18.7. The predicted octanol–water partition coefficient (Wildman–Crippen LogP) is 5.95. The third-order valence-corrected chi connectivity index (χ3v) is 6.10. The summed E-state index contributed by atoms with van der Waals surface area (Å²) in [4.78, 5) is 39.6. The number of amides is 3. The van der Waals surface area contributed by atoms with Gasteiger partial charge >= 0.3 is 0 Å². The van der Waals surface area contributed by atoms with Gasteiger partial charge in [-0.15, -0.1) is 0 Å². The number of imide groups is 1. The van der Waals surface area contributed by atoms with Gasteiger partial charge in [0.05, 0.1) is 5.69 Å². The minimum Gasteiger partial charge on any atom is -0.349 e. The third-order valence-electron chi connectivity index (χ3n) is 5.50. The van der Waals surface area contributed by atoms with Gasteiger partial charge in [-0.3, -0.25) is 14.4 Å². The number of hydrogen-bond acceptors (Lipinski definition) is 4. The van der Waals surface area contributed by atoms with Crippen molar-refractivity contribution < 1.29 is 14.4 Å². The number of anilines is 3. The monoisotopic (exact) mass is 493 g/mol. The van der Waals surface area contributed by atoms with Gasteiger partial charge < -0.3 is 10.6 Å². The molecule has 1 aliphatic heterocycles. The number of carbonyl (C=O) groups is 3. The molecule has 4 rings (SSSR count). The molecule has 6 nitrogen and oxygen atoms in total. The maximum atomic E-state index is 13.0. The zero-order valence-corrected chi connectivity index (χ0v) is 20.2. The molecule has 0 aromatic heterocycles. The summed E-state index contributed by atoms with van der Waals surface area (Å²) in [6.07, 6.45) is 0. The molecule has 2 N–H and O–H groups in total. The molecule has 34 heavy (non-hydrogen) atoms. The molecule has 3 aromatic carbocycles. The van der Waals surface area contributed by atoms with Crippen molar-refractivity contribution in [3.05, 3.63) is 98.7 Å². The number of nitrogens with zero attached hydrogens (tertiary/aromatic N) is 1. The first-order valence-electron chi connectivity index (χ1n) is 10.5. The molecule has 3 aromatic rings. The molecule has 8 heteroatoms. The molecular weight excluding hydrogens is 473 g/mol. The number of hydrogen-bond donors (Lipinski definition) is 2. The summed E-state index contributed by atoms with van der Waals surface area (Å²) in [5, 5.41) is 6.11. The molecule has 0 spiro atoms. The van der Waals surface area contributed by atoms with E-state index in [4.69, 9.17) is 23.2 Å². The molecule has 0 atom stereocenters. The van der Waals surface area contributed by atoms with Crippen molar-refractivity contribution in [1.82, 2.24) is 0 Å². The molecule has 3 amide bonds. The Bertz CT molecular complexity index is 1360. The van der Waals surface area contributed by atoms with Gasteiger partial charge in [0.2, 0.25) is 0 Å². The van der Waals surface area contributed by atoms with Gasteiger partial charge in [0.25, 0.3) is 17.7 Å². The highest BCUT2D eigenvalue weighted by Gasteiger charge is 2.39. The summed E-state index contributed by atoms with van der Waals surface area (Å²) in [7, 11) is 0. The van der Waals surface area contributed by atoms with E-state index < -0.39 is 11.8 Å². The second kappa shape index (κ2) is 9.33. The molecule has 1 heterocycles. The quantitative estimate of drug-likeness (QED) is 0.430. The number of carbonyl (C=O) groups excluding carboxylic acids is 3. The molecule has 172 valence electrons. The van der Waals surface area contributed by atoms with Crippen LogP contribution in [0, 0.1) is 20.8 Å². The lowest BCUT2D eigenvalue weighted by Crippen LogP contribution is -2.32. The highest BCUT2D eigenvalue weighted by Crippen LogP contribution is 2.32. The van der Waals surface area contributed by atoms with Gasteiger partial charge in [-0.25, -0.2) is 4.90 Å². The Hall–Kier alpha value is -3.61. The van der Waals surface area contributed by atoms with Gasteiger partial charge in [0.15, 0.2) is 0 Å². The largest absolute Gasteiger partial charge is 0.349 e. The minimum atomic E-state index is -0.641. The highest BCUT2D eigenvalue weighted by atomic mass is 35.5. The fourth-order valence-electron chi connectivity index (χ4n) is 3.62. The Balaban J connectivity index is 1.58. The zero-order chi connectivity index (χ0) is 24.6. The van der Waals surface area contributed by atoms with Crippen LogP contribution in [0.1, 0.15) is 27.0 Å². The second-order valence-electron chi connectivity index (χ2n) is 8.04. The maximum Gasteiger partial charge on any atom is 0.283 e. The summed E-state index contributed by atoms with van der Waals surface area (Å²) < 4.78 is 0. The Labute approximate surface area is 207 Å². The first-order valence-corrected chi connectivity index (χ1v) is 11.2. The van der Waals surface area contributed by atoms with Crippen molar-refractivity contribution >= 4 is 58.0 Å². The second-order valence-corrected chi connectivity index (χ2v) is 8.85. The van der Waals surface area contributed by atoms with Crippen LogP contribution < -0.4 is 15.5 Å². The fourth-order valence-corrected chi connectivity index (χ4v) is 3.96. The molecule has 0 aliphatic carbocycles. The first-order chi connectivity index (χ1) is 16.2. The molecule has 0 radical (unpaired) electrons. The summed E-state index contributed by atoms with van der Waals surface area (Å²) in [6, 6.07) is 17.1. The third kappa shape index (κ3) is 4.55. The van der Waals surface area contributed by atoms with E-state index in [2.05, 4.69) is 10.6 Å². The van der Waals surface area contributed by atoms with Crippen LogP contribution in [0.2, 0.25) is 5.02 Å². The number of rotatable bonds is 5. The van der Waals surface area contributed by atoms with Crippen LogP contribution in [0.15, 0.2) is 71.4 Å². The SMILES string of the molecule is Cc1ccc(NC(=O)c2ccc(C)c(NC3=C(Cl)C(=O)N(c4ccc(Cl)cc4)C3=O)c2)c(C)c1. The van der Waals surface area contributed by atoms with Crippen LogP contribution in [0.3, 0.4) is 0 Å². The van der Waals surface area contributed by atoms with Gasteiger partial charge in [-0.05, 0) is 74.4 Å². The number of aryl methyl sites for hydroxylation is 3. The van der Waals surface area contributed by atoms with E-state index in [1.54, 1.807) is 42.5 Å². The Kier molecular flexibility index (Phi) is 6.46. The average molecular weight is 494 g/mol. The van der Waals surface area contributed by atoms with E-state index in [0.29, 0.717) is 27.6 Å². The van der Waals surface area contributed by atoms with E-state index in [1.165, 1.54) is 0 Å². The number of nitrogens with one attached hydrogen (secondary N) is 2. The molecular formula is C26H21Cl2N3O3. The Morgan fingerprint density at radius 2 is 1.50 bits per heavy atom. The summed E-state index contributed by atoms with van der Waals surface area (Å²) in [6.45, 7) is 5.73. The highest BCUT2D eigenvalue weighted by molar-refractivity contribution is 6.53. The van der Waals surface area contributed by atoms with Crippen LogP contribution in [0.4, 0.5) is 17.1 Å². The molecule has 1 aliphatic rings. The van der Waals surface area contributed by atoms with E-state index >= 15 is 0 Å². The van der Waals surface area contributed by atoms with Crippen molar-refractivity contribution in [3.63, 3.8) is 0 Å².